The minimum atomic E-state index is -3.60. The van der Waals surface area contributed by atoms with E-state index in [0.717, 1.165) is 3.57 Å². The first-order chi connectivity index (χ1) is 12.8. The van der Waals surface area contributed by atoms with Crippen LogP contribution in [0.25, 0.3) is 0 Å². The summed E-state index contributed by atoms with van der Waals surface area (Å²) in [6.07, 6.45) is 0.375. The van der Waals surface area contributed by atoms with E-state index >= 15 is 0 Å². The second kappa shape index (κ2) is 9.81. The zero-order chi connectivity index (χ0) is 19.9. The molecular weight excluding hydrogens is 481 g/mol. The van der Waals surface area contributed by atoms with E-state index in [-0.39, 0.29) is 29.8 Å². The van der Waals surface area contributed by atoms with Crippen molar-refractivity contribution in [2.75, 3.05) is 18.4 Å². The molecule has 0 aromatic heterocycles. The lowest BCUT2D eigenvalue weighted by Gasteiger charge is -2.09. The van der Waals surface area contributed by atoms with Crippen molar-refractivity contribution in [3.8, 4) is 0 Å². The summed E-state index contributed by atoms with van der Waals surface area (Å²) in [4.78, 5) is 23.6. The second-order valence-electron chi connectivity index (χ2n) is 5.59. The molecule has 2 rings (SSSR count). The summed E-state index contributed by atoms with van der Waals surface area (Å²) < 4.78 is 27.7. The number of benzene rings is 2. The van der Waals surface area contributed by atoms with Crippen molar-refractivity contribution < 1.29 is 18.0 Å². The lowest BCUT2D eigenvalue weighted by atomic mass is 10.2. The molecule has 9 heteroatoms. The van der Waals surface area contributed by atoms with E-state index in [9.17, 15) is 18.0 Å². The highest BCUT2D eigenvalue weighted by atomic mass is 127. The molecule has 0 saturated carbocycles. The van der Waals surface area contributed by atoms with Crippen LogP contribution in [0.5, 0.6) is 0 Å². The summed E-state index contributed by atoms with van der Waals surface area (Å²) in [5.74, 6) is -0.426. The second-order valence-corrected chi connectivity index (χ2v) is 8.60. The van der Waals surface area contributed by atoms with Crippen LogP contribution in [0.2, 0.25) is 0 Å². The monoisotopic (exact) mass is 501 g/mol. The van der Waals surface area contributed by atoms with Crippen LogP contribution in [0.3, 0.4) is 0 Å². The molecule has 2 aromatic rings. The third-order valence-corrected chi connectivity index (χ3v) is 5.77. The predicted octanol–water partition coefficient (Wildman–Crippen LogP) is 2.35. The molecule has 0 aliphatic carbocycles. The van der Waals surface area contributed by atoms with Gasteiger partial charge in [0.05, 0.1) is 4.90 Å². The third kappa shape index (κ3) is 6.60. The molecule has 0 aliphatic heterocycles. The summed E-state index contributed by atoms with van der Waals surface area (Å²) in [7, 11) is -3.60. The quantitative estimate of drug-likeness (QED) is 0.382. The molecule has 0 aliphatic rings. The number of anilines is 1. The number of sulfonamides is 1. The van der Waals surface area contributed by atoms with Crippen molar-refractivity contribution >= 4 is 50.1 Å². The number of rotatable bonds is 8. The van der Waals surface area contributed by atoms with Crippen LogP contribution in [0.1, 0.15) is 23.7 Å². The lowest BCUT2D eigenvalue weighted by Crippen LogP contribution is -2.34. The highest BCUT2D eigenvalue weighted by Crippen LogP contribution is 2.12. The number of hydrogen-bond donors (Lipinski definition) is 3. The fraction of sp³-hybridized carbons (Fsp3) is 0.222. The average Bonchev–Trinajstić information content (AvgIpc) is 2.66. The van der Waals surface area contributed by atoms with E-state index in [2.05, 4.69) is 37.9 Å². The van der Waals surface area contributed by atoms with E-state index in [4.69, 9.17) is 0 Å². The zero-order valence-electron chi connectivity index (χ0n) is 14.7. The van der Waals surface area contributed by atoms with Crippen molar-refractivity contribution in [3.63, 3.8) is 0 Å². The summed E-state index contributed by atoms with van der Waals surface area (Å²) in [6.45, 7) is 1.98. The van der Waals surface area contributed by atoms with Crippen LogP contribution in [-0.2, 0) is 14.8 Å². The van der Waals surface area contributed by atoms with Gasteiger partial charge < -0.3 is 10.6 Å². The number of hydrogen-bond acceptors (Lipinski definition) is 4. The van der Waals surface area contributed by atoms with Crippen molar-refractivity contribution in [3.05, 3.63) is 57.7 Å². The van der Waals surface area contributed by atoms with Gasteiger partial charge in [-0.15, -0.1) is 0 Å². The van der Waals surface area contributed by atoms with Crippen LogP contribution in [-0.4, -0.2) is 33.3 Å². The van der Waals surface area contributed by atoms with Gasteiger partial charge >= 0.3 is 0 Å². The number of halogens is 1. The van der Waals surface area contributed by atoms with E-state index in [1.165, 1.54) is 12.1 Å². The molecule has 0 unspecified atom stereocenters. The van der Waals surface area contributed by atoms with E-state index < -0.39 is 10.0 Å². The minimum absolute atomic E-state index is 0.0741. The molecule has 0 atom stereocenters. The molecule has 0 spiro atoms. The Bertz CT molecular complexity index is 897. The molecule has 7 nitrogen and oxygen atoms in total. The summed E-state index contributed by atoms with van der Waals surface area (Å²) in [6, 6.07) is 13.0. The predicted molar refractivity (Wildman–Crippen MR) is 112 cm³/mol. The first-order valence-electron chi connectivity index (χ1n) is 8.25. The smallest absolute Gasteiger partial charge is 0.251 e. The zero-order valence-corrected chi connectivity index (χ0v) is 17.6. The molecule has 2 aromatic carbocycles. The van der Waals surface area contributed by atoms with Gasteiger partial charge in [0.2, 0.25) is 15.9 Å². The number of amides is 2. The Balaban J connectivity index is 1.82. The first kappa shape index (κ1) is 21.3. The van der Waals surface area contributed by atoms with E-state index in [1.807, 2.05) is 0 Å². The van der Waals surface area contributed by atoms with Crippen molar-refractivity contribution in [1.82, 2.24) is 10.0 Å². The van der Waals surface area contributed by atoms with Crippen LogP contribution < -0.4 is 15.4 Å². The molecule has 0 saturated heterocycles. The maximum atomic E-state index is 12.1. The molecule has 0 radical (unpaired) electrons. The molecule has 144 valence electrons. The maximum absolute atomic E-state index is 12.1. The lowest BCUT2D eigenvalue weighted by molar-refractivity contribution is -0.115. The Labute approximate surface area is 172 Å². The molecular formula is C18H20IN3O4S. The van der Waals surface area contributed by atoms with Gasteiger partial charge in [0, 0.05) is 34.3 Å². The fourth-order valence-electron chi connectivity index (χ4n) is 2.11. The van der Waals surface area contributed by atoms with E-state index in [0.29, 0.717) is 17.7 Å². The average molecular weight is 501 g/mol. The van der Waals surface area contributed by atoms with Crippen LogP contribution in [0.15, 0.2) is 53.4 Å². The summed E-state index contributed by atoms with van der Waals surface area (Å²) in [5, 5.41) is 5.35. The molecule has 2 amide bonds. The maximum Gasteiger partial charge on any atom is 0.251 e. The van der Waals surface area contributed by atoms with Crippen molar-refractivity contribution in [1.29, 1.82) is 0 Å². The SMILES string of the molecule is CCC(=O)Nc1ccc(C(=O)NCCNS(=O)(=O)c2ccc(I)cc2)cc1. The van der Waals surface area contributed by atoms with Gasteiger partial charge in [-0.3, -0.25) is 9.59 Å². The standard InChI is InChI=1S/C18H20IN3O4S/c1-2-17(23)22-15-7-3-13(4-8-15)18(24)20-11-12-21-27(25,26)16-9-5-14(19)6-10-16/h3-10,21H,2,11-12H2,1H3,(H,20,24)(H,22,23). The topological polar surface area (TPSA) is 104 Å². The largest absolute Gasteiger partial charge is 0.351 e. The van der Waals surface area contributed by atoms with Gasteiger partial charge in [0.15, 0.2) is 0 Å². The van der Waals surface area contributed by atoms with Gasteiger partial charge in [-0.1, -0.05) is 6.92 Å². The minimum Gasteiger partial charge on any atom is -0.351 e. The molecule has 0 fully saturated rings. The number of carbonyl (C=O) groups excluding carboxylic acids is 2. The normalized spacial score (nSPS) is 11.0. The van der Waals surface area contributed by atoms with Gasteiger partial charge in [0.25, 0.3) is 5.91 Å². The first-order valence-corrected chi connectivity index (χ1v) is 10.8. The molecule has 27 heavy (non-hydrogen) atoms. The summed E-state index contributed by atoms with van der Waals surface area (Å²) in [5.41, 5.74) is 1.04. The number of carbonyl (C=O) groups is 2. The fourth-order valence-corrected chi connectivity index (χ4v) is 3.51. The van der Waals surface area contributed by atoms with Crippen molar-refractivity contribution in [2.24, 2.45) is 0 Å². The summed E-state index contributed by atoms with van der Waals surface area (Å²) >= 11 is 2.10. The van der Waals surface area contributed by atoms with E-state index in [1.54, 1.807) is 43.3 Å². The van der Waals surface area contributed by atoms with Crippen molar-refractivity contribution in [2.45, 2.75) is 18.2 Å². The molecule has 0 heterocycles. The Morgan fingerprint density at radius 3 is 2.19 bits per heavy atom. The molecule has 0 bridgehead atoms. The van der Waals surface area contributed by atoms with Gasteiger partial charge in [-0.2, -0.15) is 0 Å². The number of nitrogens with one attached hydrogen (secondary N) is 3. The highest BCUT2D eigenvalue weighted by Gasteiger charge is 2.13. The van der Waals surface area contributed by atoms with Crippen LogP contribution in [0.4, 0.5) is 5.69 Å². The Morgan fingerprint density at radius 2 is 1.59 bits per heavy atom. The Hall–Kier alpha value is -1.98. The Kier molecular flexibility index (Phi) is 7.75. The van der Waals surface area contributed by atoms with Crippen LogP contribution >= 0.6 is 22.6 Å². The highest BCUT2D eigenvalue weighted by molar-refractivity contribution is 14.1. The molecule has 3 N–H and O–H groups in total. The third-order valence-electron chi connectivity index (χ3n) is 3.58. The van der Waals surface area contributed by atoms with Crippen LogP contribution in [0, 0.1) is 3.57 Å². The van der Waals surface area contributed by atoms with Gasteiger partial charge in [0.1, 0.15) is 0 Å². The Morgan fingerprint density at radius 1 is 0.963 bits per heavy atom. The van der Waals surface area contributed by atoms with Gasteiger partial charge in [-0.05, 0) is 71.1 Å². The van der Waals surface area contributed by atoms with Gasteiger partial charge in [-0.25, -0.2) is 13.1 Å².